The molecule has 2 fully saturated rings. The van der Waals surface area contributed by atoms with Crippen molar-refractivity contribution in [1.82, 2.24) is 29.8 Å². The Kier molecular flexibility index (Phi) is 5.67. The monoisotopic (exact) mass is 471 g/mol. The van der Waals surface area contributed by atoms with Crippen LogP contribution in [0.25, 0.3) is 33.2 Å². The van der Waals surface area contributed by atoms with E-state index in [0.29, 0.717) is 23.4 Å². The van der Waals surface area contributed by atoms with Gasteiger partial charge in [-0.15, -0.1) is 0 Å². The van der Waals surface area contributed by atoms with Gasteiger partial charge < -0.3 is 19.9 Å². The van der Waals surface area contributed by atoms with E-state index in [9.17, 15) is 4.79 Å². The van der Waals surface area contributed by atoms with Crippen LogP contribution in [0.1, 0.15) is 38.5 Å². The Hall–Kier alpha value is -3.75. The van der Waals surface area contributed by atoms with Crippen LogP contribution in [0.4, 0.5) is 5.95 Å². The number of methoxy groups -OCH3 is 1. The number of carbonyl (C=O) groups is 1. The number of hydrogen-bond acceptors (Lipinski definition) is 7. The molecule has 1 aromatic carbocycles. The minimum Gasteiger partial charge on any atom is -0.480 e. The molecule has 1 saturated carbocycles. The van der Waals surface area contributed by atoms with Crippen LogP contribution in [0, 0.1) is 5.92 Å². The van der Waals surface area contributed by atoms with Crippen molar-refractivity contribution in [2.45, 2.75) is 44.6 Å². The average molecular weight is 472 g/mol. The molecule has 180 valence electrons. The number of hydrogen-bond donors (Lipinski definition) is 2. The van der Waals surface area contributed by atoms with Gasteiger partial charge in [0, 0.05) is 49.2 Å². The highest BCUT2D eigenvalue weighted by atomic mass is 16.5. The Balaban J connectivity index is 1.20. The Morgan fingerprint density at radius 1 is 1.06 bits per heavy atom. The lowest BCUT2D eigenvalue weighted by Crippen LogP contribution is -2.37. The second kappa shape index (κ2) is 9.13. The minimum absolute atomic E-state index is 0.154. The highest BCUT2D eigenvalue weighted by Gasteiger charge is 2.31. The van der Waals surface area contributed by atoms with Crippen LogP contribution >= 0.6 is 0 Å². The van der Waals surface area contributed by atoms with Crippen LogP contribution in [0.5, 0.6) is 5.88 Å². The van der Waals surface area contributed by atoms with Crippen molar-refractivity contribution in [3.63, 3.8) is 0 Å². The molecular weight excluding hydrogens is 442 g/mol. The van der Waals surface area contributed by atoms with Crippen molar-refractivity contribution < 1.29 is 9.53 Å². The third-order valence-corrected chi connectivity index (χ3v) is 7.30. The zero-order valence-electron chi connectivity index (χ0n) is 19.8. The van der Waals surface area contributed by atoms with E-state index in [1.54, 1.807) is 19.5 Å². The highest BCUT2D eigenvalue weighted by Crippen LogP contribution is 2.36. The lowest BCUT2D eigenvalue weighted by molar-refractivity contribution is -0.135. The molecule has 2 N–H and O–H groups in total. The fraction of sp³-hybridized carbons (Fsp3) is 0.423. The summed E-state index contributed by atoms with van der Waals surface area (Å²) < 4.78 is 5.68. The SMILES string of the molecule is COc1nc(NC2CCC(C(=O)N3CCCC3)CC2)nc2[nH]cc(-c3ccc4nccnc4c3)c12. The van der Waals surface area contributed by atoms with Crippen molar-refractivity contribution in [2.24, 2.45) is 5.92 Å². The van der Waals surface area contributed by atoms with E-state index in [0.717, 1.165) is 79.2 Å². The van der Waals surface area contributed by atoms with E-state index < -0.39 is 0 Å². The Bertz CT molecular complexity index is 1370. The third kappa shape index (κ3) is 4.15. The first-order valence-electron chi connectivity index (χ1n) is 12.4. The predicted molar refractivity (Wildman–Crippen MR) is 134 cm³/mol. The minimum atomic E-state index is 0.154. The normalized spacial score (nSPS) is 20.4. The molecule has 9 heteroatoms. The van der Waals surface area contributed by atoms with Gasteiger partial charge in [0.05, 0.1) is 23.5 Å². The fourth-order valence-corrected chi connectivity index (χ4v) is 5.43. The smallest absolute Gasteiger partial charge is 0.228 e. The van der Waals surface area contributed by atoms with Crippen molar-refractivity contribution in [2.75, 3.05) is 25.5 Å². The molecule has 4 aromatic rings. The number of amides is 1. The quantitative estimate of drug-likeness (QED) is 0.450. The van der Waals surface area contributed by atoms with E-state index in [1.165, 1.54) is 0 Å². The van der Waals surface area contributed by atoms with Gasteiger partial charge in [-0.05, 0) is 56.2 Å². The molecule has 1 saturated heterocycles. The lowest BCUT2D eigenvalue weighted by atomic mass is 9.85. The van der Waals surface area contributed by atoms with Gasteiger partial charge in [-0.1, -0.05) is 6.07 Å². The van der Waals surface area contributed by atoms with Gasteiger partial charge in [0.25, 0.3) is 0 Å². The number of anilines is 1. The van der Waals surface area contributed by atoms with E-state index >= 15 is 0 Å². The Morgan fingerprint density at radius 3 is 2.60 bits per heavy atom. The number of H-pyrrole nitrogens is 1. The highest BCUT2D eigenvalue weighted by molar-refractivity contribution is 5.99. The molecule has 35 heavy (non-hydrogen) atoms. The van der Waals surface area contributed by atoms with Gasteiger partial charge >= 0.3 is 0 Å². The van der Waals surface area contributed by atoms with E-state index in [-0.39, 0.29) is 12.0 Å². The van der Waals surface area contributed by atoms with Gasteiger partial charge in [0.2, 0.25) is 17.7 Å². The molecule has 3 aromatic heterocycles. The summed E-state index contributed by atoms with van der Waals surface area (Å²) in [6.45, 7) is 1.85. The summed E-state index contributed by atoms with van der Waals surface area (Å²) in [5, 5.41) is 4.32. The number of aromatic amines is 1. The number of rotatable bonds is 5. The second-order valence-corrected chi connectivity index (χ2v) is 9.47. The van der Waals surface area contributed by atoms with Gasteiger partial charge in [0.1, 0.15) is 5.65 Å². The van der Waals surface area contributed by atoms with Crippen LogP contribution < -0.4 is 10.1 Å². The van der Waals surface area contributed by atoms with Crippen LogP contribution in [-0.2, 0) is 4.79 Å². The predicted octanol–water partition coefficient (Wildman–Crippen LogP) is 4.17. The molecule has 1 aliphatic carbocycles. The van der Waals surface area contributed by atoms with Crippen molar-refractivity contribution in [1.29, 1.82) is 0 Å². The number of aromatic nitrogens is 5. The fourth-order valence-electron chi connectivity index (χ4n) is 5.43. The maximum Gasteiger partial charge on any atom is 0.228 e. The molecule has 0 atom stereocenters. The van der Waals surface area contributed by atoms with Crippen molar-refractivity contribution in [3.8, 4) is 17.0 Å². The van der Waals surface area contributed by atoms with Crippen LogP contribution in [-0.4, -0.2) is 62.0 Å². The van der Waals surface area contributed by atoms with Gasteiger partial charge in [-0.3, -0.25) is 14.8 Å². The number of ether oxygens (including phenoxy) is 1. The van der Waals surface area contributed by atoms with E-state index in [4.69, 9.17) is 9.72 Å². The van der Waals surface area contributed by atoms with E-state index in [1.807, 2.05) is 29.3 Å². The number of carbonyl (C=O) groups excluding carboxylic acids is 1. The maximum atomic E-state index is 12.7. The molecule has 0 spiro atoms. The molecule has 9 nitrogen and oxygen atoms in total. The summed E-state index contributed by atoms with van der Waals surface area (Å²) in [4.78, 5) is 36.3. The number of benzene rings is 1. The summed E-state index contributed by atoms with van der Waals surface area (Å²) in [6.07, 6.45) is 11.3. The summed E-state index contributed by atoms with van der Waals surface area (Å²) in [7, 11) is 1.63. The molecule has 6 rings (SSSR count). The third-order valence-electron chi connectivity index (χ3n) is 7.30. The first kappa shape index (κ1) is 21.8. The number of nitrogens with one attached hydrogen (secondary N) is 2. The summed E-state index contributed by atoms with van der Waals surface area (Å²) in [5.74, 6) is 1.56. The number of fused-ring (bicyclic) bond motifs is 2. The first-order valence-corrected chi connectivity index (χ1v) is 12.4. The number of nitrogens with zero attached hydrogens (tertiary/aromatic N) is 5. The zero-order chi connectivity index (χ0) is 23.8. The van der Waals surface area contributed by atoms with Crippen molar-refractivity contribution >= 4 is 33.9 Å². The van der Waals surface area contributed by atoms with Gasteiger partial charge in [0.15, 0.2) is 0 Å². The molecule has 0 unspecified atom stereocenters. The van der Waals surface area contributed by atoms with E-state index in [2.05, 4.69) is 25.3 Å². The van der Waals surface area contributed by atoms with Crippen LogP contribution in [0.2, 0.25) is 0 Å². The molecular formula is C26H29N7O2. The van der Waals surface area contributed by atoms with Crippen LogP contribution in [0.15, 0.2) is 36.8 Å². The Morgan fingerprint density at radius 2 is 1.83 bits per heavy atom. The molecule has 2 aliphatic rings. The number of likely N-dealkylation sites (tertiary alicyclic amines) is 1. The second-order valence-electron chi connectivity index (χ2n) is 9.47. The topological polar surface area (TPSA) is 109 Å². The lowest BCUT2D eigenvalue weighted by Gasteiger charge is -2.30. The molecule has 0 radical (unpaired) electrons. The molecule has 1 amide bonds. The molecule has 4 heterocycles. The zero-order valence-corrected chi connectivity index (χ0v) is 19.8. The first-order chi connectivity index (χ1) is 17.2. The summed E-state index contributed by atoms with van der Waals surface area (Å²) in [6, 6.07) is 6.24. The van der Waals surface area contributed by atoms with Crippen molar-refractivity contribution in [3.05, 3.63) is 36.8 Å². The standard InChI is InChI=1S/C26H29N7O2/c1-35-24-22-19(17-6-9-20-21(14-17)28-11-10-27-20)15-29-23(22)31-26(32-24)30-18-7-4-16(5-8-18)25(34)33-12-2-3-13-33/h6,9-11,14-16,18H,2-5,7-8,12-13H2,1H3,(H2,29,30,31,32). The maximum absolute atomic E-state index is 12.7. The average Bonchev–Trinajstić information content (AvgIpc) is 3.59. The van der Waals surface area contributed by atoms with Gasteiger partial charge in [-0.2, -0.15) is 9.97 Å². The molecule has 1 aliphatic heterocycles. The molecule has 0 bridgehead atoms. The largest absolute Gasteiger partial charge is 0.480 e. The summed E-state index contributed by atoms with van der Waals surface area (Å²) >= 11 is 0. The Labute approximate surface area is 203 Å². The van der Waals surface area contributed by atoms with Gasteiger partial charge in [-0.25, -0.2) is 0 Å². The summed E-state index contributed by atoms with van der Waals surface area (Å²) in [5.41, 5.74) is 4.34. The van der Waals surface area contributed by atoms with Crippen LogP contribution in [0.3, 0.4) is 0 Å².